The molecule has 1 aromatic rings. The summed E-state index contributed by atoms with van der Waals surface area (Å²) in [6.07, 6.45) is 2.52. The van der Waals surface area contributed by atoms with E-state index in [1.165, 1.54) is 0 Å². The second-order valence-corrected chi connectivity index (χ2v) is 5.20. The first-order valence-corrected chi connectivity index (χ1v) is 6.73. The van der Waals surface area contributed by atoms with E-state index < -0.39 is 0 Å². The molecule has 0 aliphatic heterocycles. The van der Waals surface area contributed by atoms with Crippen molar-refractivity contribution in [3.05, 3.63) is 22.3 Å². The number of nitrogens with zero attached hydrogens (tertiary/aromatic N) is 2. The predicted octanol–water partition coefficient (Wildman–Crippen LogP) is 2.39. The van der Waals surface area contributed by atoms with Crippen LogP contribution in [-0.4, -0.2) is 28.4 Å². The van der Waals surface area contributed by atoms with E-state index in [0.29, 0.717) is 17.9 Å². The zero-order valence-electron chi connectivity index (χ0n) is 10.9. The highest BCUT2D eigenvalue weighted by molar-refractivity contribution is 9.10. The van der Waals surface area contributed by atoms with Crippen LogP contribution in [-0.2, 0) is 0 Å². The van der Waals surface area contributed by atoms with Crippen LogP contribution in [0.1, 0.15) is 37.6 Å². The lowest BCUT2D eigenvalue weighted by Crippen LogP contribution is -2.38. The summed E-state index contributed by atoms with van der Waals surface area (Å²) in [5.41, 5.74) is 2.94. The fraction of sp³-hybridized carbons (Fsp3) is 0.500. The Labute approximate surface area is 116 Å². The second-order valence-electron chi connectivity index (χ2n) is 4.29. The quantitative estimate of drug-likeness (QED) is 0.646. The van der Waals surface area contributed by atoms with Crippen LogP contribution in [0.3, 0.4) is 0 Å². The lowest BCUT2D eigenvalue weighted by molar-refractivity contribution is 0.0706. The molecule has 0 fully saturated rings. The third kappa shape index (κ3) is 3.43. The van der Waals surface area contributed by atoms with Gasteiger partial charge in [0.2, 0.25) is 0 Å². The summed E-state index contributed by atoms with van der Waals surface area (Å²) < 4.78 is 0.755. The number of hydrazine groups is 1. The maximum Gasteiger partial charge on any atom is 0.257 e. The average Bonchev–Trinajstić information content (AvgIpc) is 2.34. The zero-order valence-corrected chi connectivity index (χ0v) is 12.5. The van der Waals surface area contributed by atoms with Crippen molar-refractivity contribution < 1.29 is 4.79 Å². The van der Waals surface area contributed by atoms with E-state index in [1.807, 2.05) is 25.7 Å². The molecule has 1 rings (SSSR count). The van der Waals surface area contributed by atoms with Crippen molar-refractivity contribution in [2.24, 2.45) is 5.84 Å². The molecule has 0 unspecified atom stereocenters. The van der Waals surface area contributed by atoms with Gasteiger partial charge in [-0.25, -0.2) is 10.8 Å². The first-order valence-electron chi connectivity index (χ1n) is 5.94. The number of aromatic nitrogens is 1. The molecule has 1 aromatic heterocycles. The predicted molar refractivity (Wildman–Crippen MR) is 76.2 cm³/mol. The van der Waals surface area contributed by atoms with Gasteiger partial charge >= 0.3 is 0 Å². The van der Waals surface area contributed by atoms with Crippen molar-refractivity contribution in [3.63, 3.8) is 0 Å². The largest absolute Gasteiger partial charge is 0.336 e. The van der Waals surface area contributed by atoms with Gasteiger partial charge in [-0.15, -0.1) is 0 Å². The number of rotatable bonds is 5. The van der Waals surface area contributed by atoms with Crippen molar-refractivity contribution in [3.8, 4) is 0 Å². The van der Waals surface area contributed by atoms with Gasteiger partial charge in [0.25, 0.3) is 5.91 Å². The Balaban J connectivity index is 3.11. The van der Waals surface area contributed by atoms with Crippen LogP contribution in [0, 0.1) is 0 Å². The van der Waals surface area contributed by atoms with E-state index in [9.17, 15) is 4.79 Å². The molecule has 6 heteroatoms. The van der Waals surface area contributed by atoms with E-state index in [-0.39, 0.29) is 11.9 Å². The topological polar surface area (TPSA) is 71.2 Å². The van der Waals surface area contributed by atoms with Gasteiger partial charge in [-0.2, -0.15) is 0 Å². The van der Waals surface area contributed by atoms with Gasteiger partial charge in [0.1, 0.15) is 0 Å². The van der Waals surface area contributed by atoms with Gasteiger partial charge in [0, 0.05) is 23.3 Å². The van der Waals surface area contributed by atoms with Crippen molar-refractivity contribution >= 4 is 27.7 Å². The number of hydrogen-bond acceptors (Lipinski definition) is 4. The van der Waals surface area contributed by atoms with E-state index in [1.54, 1.807) is 12.3 Å². The van der Waals surface area contributed by atoms with Gasteiger partial charge in [0.05, 0.1) is 5.56 Å². The number of amides is 1. The fourth-order valence-electron chi connectivity index (χ4n) is 1.71. The molecular weight excluding hydrogens is 296 g/mol. The minimum Gasteiger partial charge on any atom is -0.336 e. The van der Waals surface area contributed by atoms with Crippen LogP contribution in [0.5, 0.6) is 0 Å². The Morgan fingerprint density at radius 2 is 2.28 bits per heavy atom. The molecule has 100 valence electrons. The summed E-state index contributed by atoms with van der Waals surface area (Å²) in [5.74, 6) is 5.72. The van der Waals surface area contributed by atoms with Crippen molar-refractivity contribution in [2.75, 3.05) is 12.0 Å². The van der Waals surface area contributed by atoms with Gasteiger partial charge in [-0.3, -0.25) is 4.79 Å². The third-order valence-corrected chi connectivity index (χ3v) is 3.00. The molecule has 0 saturated heterocycles. The molecule has 0 aromatic carbocycles. The molecule has 18 heavy (non-hydrogen) atoms. The number of halogens is 1. The van der Waals surface area contributed by atoms with Crippen molar-refractivity contribution in [1.29, 1.82) is 0 Å². The SMILES string of the molecule is CCCN(C(=O)c1cc(Br)cnc1NN)C(C)C. The third-order valence-electron chi connectivity index (χ3n) is 2.57. The molecule has 0 spiro atoms. The molecule has 1 amide bonds. The van der Waals surface area contributed by atoms with Crippen LogP contribution in [0.25, 0.3) is 0 Å². The Kier molecular flexibility index (Phi) is 5.55. The zero-order chi connectivity index (χ0) is 13.7. The Morgan fingerprint density at radius 1 is 1.61 bits per heavy atom. The molecule has 5 nitrogen and oxygen atoms in total. The van der Waals surface area contributed by atoms with Crippen LogP contribution in [0.15, 0.2) is 16.7 Å². The van der Waals surface area contributed by atoms with Crippen LogP contribution in [0.4, 0.5) is 5.82 Å². The fourth-order valence-corrected chi connectivity index (χ4v) is 2.04. The van der Waals surface area contributed by atoms with Crippen LogP contribution < -0.4 is 11.3 Å². The maximum absolute atomic E-state index is 12.5. The first-order chi connectivity index (χ1) is 8.51. The number of nitrogens with two attached hydrogens (primary N) is 1. The number of nitrogen functional groups attached to an aromatic ring is 1. The van der Waals surface area contributed by atoms with E-state index in [4.69, 9.17) is 5.84 Å². The highest BCUT2D eigenvalue weighted by Crippen LogP contribution is 2.20. The maximum atomic E-state index is 12.5. The molecule has 0 bridgehead atoms. The number of pyridine rings is 1. The molecule has 0 saturated carbocycles. The minimum atomic E-state index is -0.0615. The van der Waals surface area contributed by atoms with E-state index in [0.717, 1.165) is 10.9 Å². The molecule has 1 heterocycles. The highest BCUT2D eigenvalue weighted by atomic mass is 79.9. The normalized spacial score (nSPS) is 10.6. The summed E-state index contributed by atoms with van der Waals surface area (Å²) in [6, 6.07) is 1.87. The van der Waals surface area contributed by atoms with Gasteiger partial charge in [-0.1, -0.05) is 6.92 Å². The Morgan fingerprint density at radius 3 is 2.78 bits per heavy atom. The number of carbonyl (C=O) groups excluding carboxylic acids is 1. The molecule has 0 aliphatic carbocycles. The minimum absolute atomic E-state index is 0.0615. The Bertz CT molecular complexity index is 423. The Hall–Kier alpha value is -1.14. The van der Waals surface area contributed by atoms with Crippen LogP contribution >= 0.6 is 15.9 Å². The van der Waals surface area contributed by atoms with Gasteiger partial charge < -0.3 is 10.3 Å². The summed E-state index contributed by atoms with van der Waals surface area (Å²) in [4.78, 5) is 18.4. The lowest BCUT2D eigenvalue weighted by Gasteiger charge is -2.27. The standard InChI is InChI=1S/C12H19BrN4O/c1-4-5-17(8(2)3)12(18)10-6-9(13)7-15-11(10)16-14/h6-8H,4-5,14H2,1-3H3,(H,15,16). The van der Waals surface area contributed by atoms with Crippen molar-refractivity contribution in [2.45, 2.75) is 33.2 Å². The molecule has 0 atom stereocenters. The number of anilines is 1. The summed E-state index contributed by atoms with van der Waals surface area (Å²) in [5, 5.41) is 0. The molecule has 0 aliphatic rings. The number of carbonyl (C=O) groups is 1. The summed E-state index contributed by atoms with van der Waals surface area (Å²) in [7, 11) is 0. The molecule has 3 N–H and O–H groups in total. The highest BCUT2D eigenvalue weighted by Gasteiger charge is 2.21. The lowest BCUT2D eigenvalue weighted by atomic mass is 10.2. The van der Waals surface area contributed by atoms with E-state index in [2.05, 4.69) is 26.3 Å². The van der Waals surface area contributed by atoms with E-state index >= 15 is 0 Å². The van der Waals surface area contributed by atoms with Crippen LogP contribution in [0.2, 0.25) is 0 Å². The summed E-state index contributed by atoms with van der Waals surface area (Å²) >= 11 is 3.32. The van der Waals surface area contributed by atoms with Crippen molar-refractivity contribution in [1.82, 2.24) is 9.88 Å². The second kappa shape index (κ2) is 6.70. The summed E-state index contributed by atoms with van der Waals surface area (Å²) in [6.45, 7) is 6.75. The number of nitrogens with one attached hydrogen (secondary N) is 1. The monoisotopic (exact) mass is 314 g/mol. The first kappa shape index (κ1) is 14.9. The molecule has 0 radical (unpaired) electrons. The number of hydrogen-bond donors (Lipinski definition) is 2. The smallest absolute Gasteiger partial charge is 0.257 e. The molecular formula is C12H19BrN4O. The average molecular weight is 315 g/mol. The van der Waals surface area contributed by atoms with Gasteiger partial charge in [-0.05, 0) is 42.3 Å². The van der Waals surface area contributed by atoms with Gasteiger partial charge in [0.15, 0.2) is 5.82 Å².